The van der Waals surface area contributed by atoms with Gasteiger partial charge in [0.15, 0.2) is 0 Å². The molecule has 0 heterocycles. The summed E-state index contributed by atoms with van der Waals surface area (Å²) in [4.78, 5) is 0. The van der Waals surface area contributed by atoms with Gasteiger partial charge >= 0.3 is 0 Å². The lowest BCUT2D eigenvalue weighted by atomic mass is 9.67. The molecule has 0 nitrogen and oxygen atoms in total. The van der Waals surface area contributed by atoms with Gasteiger partial charge in [-0.25, -0.2) is 0 Å². The Morgan fingerprint density at radius 3 is 1.83 bits per heavy atom. The second-order valence-electron chi connectivity index (χ2n) is 7.54. The van der Waals surface area contributed by atoms with Crippen molar-refractivity contribution in [2.75, 3.05) is 0 Å². The quantitative estimate of drug-likeness (QED) is 0.628. The highest BCUT2D eigenvalue weighted by Crippen LogP contribution is 2.43. The number of hydrogen-bond donors (Lipinski definition) is 0. The fourth-order valence-corrected chi connectivity index (χ4v) is 3.01. The number of benzene rings is 1. The van der Waals surface area contributed by atoms with Gasteiger partial charge in [0.05, 0.1) is 0 Å². The number of aryl methyl sites for hydroxylation is 1. The summed E-state index contributed by atoms with van der Waals surface area (Å²) in [7, 11) is 0. The molecule has 0 N–H and O–H groups in total. The van der Waals surface area contributed by atoms with Crippen molar-refractivity contribution in [3.05, 3.63) is 35.4 Å². The molecule has 1 rings (SSSR count). The lowest BCUT2D eigenvalue weighted by Gasteiger charge is -2.38. The first kappa shape index (κ1) is 15.3. The average Bonchev–Trinajstić information content (AvgIpc) is 2.25. The third kappa shape index (κ3) is 4.15. The Hall–Kier alpha value is -0.780. The number of hydrogen-bond acceptors (Lipinski definition) is 0. The van der Waals surface area contributed by atoms with Crippen molar-refractivity contribution >= 4 is 0 Å². The van der Waals surface area contributed by atoms with Gasteiger partial charge in [0, 0.05) is 0 Å². The Labute approximate surface area is 114 Å². The van der Waals surface area contributed by atoms with E-state index in [1.807, 2.05) is 0 Å². The summed E-state index contributed by atoms with van der Waals surface area (Å²) >= 11 is 0. The molecule has 0 aliphatic carbocycles. The first-order chi connectivity index (χ1) is 8.15. The fraction of sp³-hybridized carbons (Fsp3) is 0.667. The zero-order chi connectivity index (χ0) is 14.0. The molecule has 0 aliphatic rings. The van der Waals surface area contributed by atoms with Crippen LogP contribution < -0.4 is 0 Å². The molecule has 0 aromatic heterocycles. The second-order valence-corrected chi connectivity index (χ2v) is 7.54. The van der Waals surface area contributed by atoms with E-state index in [1.54, 1.807) is 0 Å². The van der Waals surface area contributed by atoms with Gasteiger partial charge in [-0.05, 0) is 40.7 Å². The van der Waals surface area contributed by atoms with E-state index >= 15 is 0 Å². The summed E-state index contributed by atoms with van der Waals surface area (Å²) in [5.41, 5.74) is 3.63. The van der Waals surface area contributed by atoms with Crippen LogP contribution in [0.15, 0.2) is 24.3 Å². The van der Waals surface area contributed by atoms with Gasteiger partial charge < -0.3 is 0 Å². The predicted molar refractivity (Wildman–Crippen MR) is 82.1 cm³/mol. The van der Waals surface area contributed by atoms with E-state index in [0.717, 1.165) is 6.42 Å². The monoisotopic (exact) mass is 246 g/mol. The molecular formula is C18H30. The maximum Gasteiger partial charge on any atom is -0.0139 e. The second kappa shape index (κ2) is 5.47. The molecule has 0 fully saturated rings. The Kier molecular flexibility index (Phi) is 4.64. The van der Waals surface area contributed by atoms with E-state index in [-0.39, 0.29) is 0 Å². The molecule has 0 saturated carbocycles. The smallest absolute Gasteiger partial charge is 0.0139 e. The van der Waals surface area contributed by atoms with E-state index in [4.69, 9.17) is 0 Å². The van der Waals surface area contributed by atoms with Crippen molar-refractivity contribution in [2.24, 2.45) is 10.8 Å². The summed E-state index contributed by atoms with van der Waals surface area (Å²) in [5, 5.41) is 0. The minimum absolute atomic E-state index is 0.339. The van der Waals surface area contributed by atoms with Crippen LogP contribution in [-0.4, -0.2) is 0 Å². The van der Waals surface area contributed by atoms with Crippen LogP contribution in [0, 0.1) is 10.8 Å². The van der Waals surface area contributed by atoms with Crippen LogP contribution >= 0.6 is 0 Å². The maximum atomic E-state index is 2.40. The van der Waals surface area contributed by atoms with E-state index in [9.17, 15) is 0 Å². The van der Waals surface area contributed by atoms with Crippen molar-refractivity contribution in [1.82, 2.24) is 0 Å². The molecule has 1 aromatic carbocycles. The summed E-state index contributed by atoms with van der Waals surface area (Å²) in [6, 6.07) is 9.18. The van der Waals surface area contributed by atoms with Gasteiger partial charge in [0.25, 0.3) is 0 Å². The largest absolute Gasteiger partial charge is 0.0613 e. The summed E-state index contributed by atoms with van der Waals surface area (Å²) < 4.78 is 0. The minimum Gasteiger partial charge on any atom is -0.0613 e. The fourth-order valence-electron chi connectivity index (χ4n) is 3.01. The molecule has 0 heteroatoms. The van der Waals surface area contributed by atoms with E-state index < -0.39 is 0 Å². The first-order valence-corrected chi connectivity index (χ1v) is 7.24. The van der Waals surface area contributed by atoms with Crippen molar-refractivity contribution < 1.29 is 0 Å². The molecule has 0 saturated heterocycles. The molecule has 1 atom stereocenters. The molecule has 1 aromatic rings. The van der Waals surface area contributed by atoms with Crippen molar-refractivity contribution in [3.63, 3.8) is 0 Å². The van der Waals surface area contributed by atoms with Gasteiger partial charge in [0.2, 0.25) is 0 Å². The van der Waals surface area contributed by atoms with Gasteiger partial charge in [-0.15, -0.1) is 0 Å². The molecule has 1 unspecified atom stereocenters. The maximum absolute atomic E-state index is 2.40. The number of rotatable bonds is 4. The van der Waals surface area contributed by atoms with Gasteiger partial charge in [-0.3, -0.25) is 0 Å². The standard InChI is InChI=1S/C18H30/c1-8-15-9-11-16(12-10-15)14(2)18(6,7)13-17(3,4)5/h9-12,14H,8,13H2,1-7H3. The first-order valence-electron chi connectivity index (χ1n) is 7.24. The molecular weight excluding hydrogens is 216 g/mol. The lowest BCUT2D eigenvalue weighted by Crippen LogP contribution is -2.26. The molecule has 0 aliphatic heterocycles. The molecule has 0 amide bonds. The van der Waals surface area contributed by atoms with Crippen LogP contribution in [0.5, 0.6) is 0 Å². The topological polar surface area (TPSA) is 0 Å². The van der Waals surface area contributed by atoms with Crippen molar-refractivity contribution in [2.45, 2.75) is 67.2 Å². The highest BCUT2D eigenvalue weighted by molar-refractivity contribution is 5.26. The highest BCUT2D eigenvalue weighted by Gasteiger charge is 2.31. The molecule has 102 valence electrons. The zero-order valence-corrected chi connectivity index (χ0v) is 13.3. The van der Waals surface area contributed by atoms with Crippen LogP contribution in [0.1, 0.15) is 71.9 Å². The van der Waals surface area contributed by atoms with E-state index in [2.05, 4.69) is 72.7 Å². The zero-order valence-electron chi connectivity index (χ0n) is 13.3. The summed E-state index contributed by atoms with van der Waals surface area (Å²) in [6.07, 6.45) is 2.37. The van der Waals surface area contributed by atoms with E-state index in [0.29, 0.717) is 16.7 Å². The van der Waals surface area contributed by atoms with Crippen LogP contribution in [-0.2, 0) is 6.42 Å². The third-order valence-corrected chi connectivity index (χ3v) is 4.05. The normalized spacial score (nSPS) is 14.6. The van der Waals surface area contributed by atoms with Gasteiger partial charge in [0.1, 0.15) is 0 Å². The van der Waals surface area contributed by atoms with Crippen molar-refractivity contribution in [1.29, 1.82) is 0 Å². The highest BCUT2D eigenvalue weighted by atomic mass is 14.4. The Bertz CT molecular complexity index is 362. The van der Waals surface area contributed by atoms with Crippen LogP contribution in [0.2, 0.25) is 0 Å². The van der Waals surface area contributed by atoms with E-state index in [1.165, 1.54) is 17.5 Å². The molecule has 0 radical (unpaired) electrons. The Morgan fingerprint density at radius 1 is 0.944 bits per heavy atom. The van der Waals surface area contributed by atoms with Gasteiger partial charge in [-0.1, -0.05) is 72.7 Å². The molecule has 0 bridgehead atoms. The Morgan fingerprint density at radius 2 is 1.44 bits per heavy atom. The van der Waals surface area contributed by atoms with Gasteiger partial charge in [-0.2, -0.15) is 0 Å². The predicted octanol–water partition coefficient (Wildman–Crippen LogP) is 5.81. The van der Waals surface area contributed by atoms with Crippen LogP contribution in [0.4, 0.5) is 0 Å². The average molecular weight is 246 g/mol. The van der Waals surface area contributed by atoms with Crippen molar-refractivity contribution in [3.8, 4) is 0 Å². The SMILES string of the molecule is CCc1ccc(C(C)C(C)(C)CC(C)(C)C)cc1. The molecule has 18 heavy (non-hydrogen) atoms. The van der Waals surface area contributed by atoms with Crippen LogP contribution in [0.3, 0.4) is 0 Å². The summed E-state index contributed by atoms with van der Waals surface area (Å²) in [6.45, 7) is 16.4. The lowest BCUT2D eigenvalue weighted by molar-refractivity contribution is 0.181. The summed E-state index contributed by atoms with van der Waals surface area (Å²) in [5.74, 6) is 0.600. The molecule has 0 spiro atoms. The Balaban J connectivity index is 2.87. The minimum atomic E-state index is 0.339. The van der Waals surface area contributed by atoms with Crippen LogP contribution in [0.25, 0.3) is 0 Å². The third-order valence-electron chi connectivity index (χ3n) is 4.05.